The molecule has 2 atom stereocenters. The van der Waals surface area contributed by atoms with Crippen molar-refractivity contribution in [2.24, 2.45) is 0 Å². The zero-order valence-electron chi connectivity index (χ0n) is 23.5. The third-order valence-corrected chi connectivity index (χ3v) is 9.97. The third-order valence-electron chi connectivity index (χ3n) is 7.88. The molecular formula is C31H33ClFN3O4S. The fourth-order valence-corrected chi connectivity index (χ4v) is 7.64. The van der Waals surface area contributed by atoms with Crippen LogP contribution in [0, 0.1) is 12.7 Å². The van der Waals surface area contributed by atoms with E-state index < -0.39 is 21.9 Å². The van der Waals surface area contributed by atoms with Crippen molar-refractivity contribution in [3.8, 4) is 0 Å². The number of nitrogens with zero attached hydrogens (tertiary/aromatic N) is 3. The Kier molecular flexibility index (Phi) is 8.14. The predicted molar refractivity (Wildman–Crippen MR) is 161 cm³/mol. The number of esters is 1. The van der Waals surface area contributed by atoms with E-state index in [0.29, 0.717) is 41.5 Å². The maximum Gasteiger partial charge on any atom is 0.322 e. The molecule has 0 unspecified atom stereocenters. The molecule has 2 heterocycles. The molecule has 0 saturated carbocycles. The van der Waals surface area contributed by atoms with E-state index in [9.17, 15) is 17.6 Å². The SMILES string of the molecule is COC(=O)[C@H](C)N1CCN2c3ccc(/C=C(\C)c4c(F)cccc4Cl)cc3N(S(=O)(=O)c3cccc(C)c3)C[C@@H]2C1. The summed E-state index contributed by atoms with van der Waals surface area (Å²) in [6, 6.07) is 16.5. The van der Waals surface area contributed by atoms with Gasteiger partial charge in [-0.25, -0.2) is 12.8 Å². The second-order valence-electron chi connectivity index (χ2n) is 10.6. The van der Waals surface area contributed by atoms with Crippen molar-refractivity contribution >= 4 is 50.6 Å². The van der Waals surface area contributed by atoms with Gasteiger partial charge in [-0.3, -0.25) is 14.0 Å². The van der Waals surface area contributed by atoms with E-state index >= 15 is 0 Å². The molecule has 2 aliphatic rings. The second kappa shape index (κ2) is 11.5. The van der Waals surface area contributed by atoms with Crippen LogP contribution in [-0.2, 0) is 19.6 Å². The smallest absolute Gasteiger partial charge is 0.322 e. The van der Waals surface area contributed by atoms with Gasteiger partial charge in [0, 0.05) is 25.2 Å². The number of ether oxygens (including phenoxy) is 1. The lowest BCUT2D eigenvalue weighted by Gasteiger charge is -2.49. The summed E-state index contributed by atoms with van der Waals surface area (Å²) in [7, 11) is -2.55. The molecule has 0 N–H and O–H groups in total. The van der Waals surface area contributed by atoms with Crippen LogP contribution in [0.4, 0.5) is 15.8 Å². The number of carbonyl (C=O) groups is 1. The average molecular weight is 598 g/mol. The molecule has 7 nitrogen and oxygen atoms in total. The van der Waals surface area contributed by atoms with Crippen LogP contribution in [0.3, 0.4) is 0 Å². The standard InChI is InChI=1S/C31H33ClFN3O4S/c1-20-7-5-8-25(15-20)41(38,39)36-19-24-18-34(22(3)31(37)40-4)13-14-35(24)28-12-11-23(17-29(28)36)16-21(2)30-26(32)9-6-10-27(30)33/h5-12,15-17,22,24H,13-14,18-19H2,1-4H3/b21-16+/t22-,24-/m0/s1. The fraction of sp³-hybridized carbons (Fsp3) is 0.323. The monoisotopic (exact) mass is 597 g/mol. The number of allylic oxidation sites excluding steroid dienone is 1. The molecule has 1 saturated heterocycles. The van der Waals surface area contributed by atoms with Gasteiger partial charge in [-0.15, -0.1) is 0 Å². The lowest BCUT2D eigenvalue weighted by atomic mass is 10.0. The van der Waals surface area contributed by atoms with Gasteiger partial charge in [-0.1, -0.05) is 41.9 Å². The summed E-state index contributed by atoms with van der Waals surface area (Å²) >= 11 is 6.30. The van der Waals surface area contributed by atoms with Crippen molar-refractivity contribution in [2.45, 2.75) is 37.8 Å². The number of sulfonamides is 1. The lowest BCUT2D eigenvalue weighted by Crippen LogP contribution is -2.62. The van der Waals surface area contributed by atoms with E-state index in [-0.39, 0.29) is 23.5 Å². The molecule has 0 bridgehead atoms. The van der Waals surface area contributed by atoms with Gasteiger partial charge in [0.15, 0.2) is 0 Å². The minimum Gasteiger partial charge on any atom is -0.468 e. The number of hydrogen-bond donors (Lipinski definition) is 0. The molecule has 3 aromatic rings. The Balaban J connectivity index is 1.59. The molecule has 0 aliphatic carbocycles. The first-order valence-electron chi connectivity index (χ1n) is 13.5. The van der Waals surface area contributed by atoms with Crippen molar-refractivity contribution < 1.29 is 22.3 Å². The van der Waals surface area contributed by atoms with Gasteiger partial charge in [-0.2, -0.15) is 0 Å². The molecule has 216 valence electrons. The van der Waals surface area contributed by atoms with E-state index in [0.717, 1.165) is 16.8 Å². The summed E-state index contributed by atoms with van der Waals surface area (Å²) in [4.78, 5) is 16.7. The number of hydrogen-bond acceptors (Lipinski definition) is 6. The van der Waals surface area contributed by atoms with Gasteiger partial charge < -0.3 is 9.64 Å². The number of fused-ring (bicyclic) bond motifs is 3. The highest BCUT2D eigenvalue weighted by Crippen LogP contribution is 2.41. The molecular weight excluding hydrogens is 565 g/mol. The maximum atomic E-state index is 14.6. The number of halogens is 2. The fourth-order valence-electron chi connectivity index (χ4n) is 5.71. The van der Waals surface area contributed by atoms with Crippen LogP contribution in [0.2, 0.25) is 5.02 Å². The van der Waals surface area contributed by atoms with Crippen molar-refractivity contribution in [3.05, 3.63) is 88.2 Å². The number of anilines is 2. The van der Waals surface area contributed by atoms with Gasteiger partial charge in [-0.05, 0) is 73.9 Å². The highest BCUT2D eigenvalue weighted by molar-refractivity contribution is 7.92. The van der Waals surface area contributed by atoms with Gasteiger partial charge in [0.05, 0.1) is 41.0 Å². The first-order chi connectivity index (χ1) is 19.5. The number of rotatable bonds is 6. The number of piperazine rings is 1. The van der Waals surface area contributed by atoms with Crippen LogP contribution in [-0.4, -0.2) is 64.7 Å². The van der Waals surface area contributed by atoms with Gasteiger partial charge in [0.1, 0.15) is 11.9 Å². The van der Waals surface area contributed by atoms with Crippen molar-refractivity contribution in [2.75, 3.05) is 42.5 Å². The van der Waals surface area contributed by atoms with Gasteiger partial charge >= 0.3 is 5.97 Å². The molecule has 10 heteroatoms. The minimum absolute atomic E-state index is 0.178. The number of methoxy groups -OCH3 is 1. The molecule has 0 aromatic heterocycles. The third kappa shape index (κ3) is 5.58. The Labute approximate surface area is 245 Å². The second-order valence-corrected chi connectivity index (χ2v) is 12.8. The Bertz CT molecular complexity index is 1610. The molecule has 0 spiro atoms. The largest absolute Gasteiger partial charge is 0.468 e. The molecule has 0 radical (unpaired) electrons. The van der Waals surface area contributed by atoms with E-state index in [4.69, 9.17) is 16.3 Å². The Hall–Kier alpha value is -3.40. The van der Waals surface area contributed by atoms with Crippen LogP contribution in [0.15, 0.2) is 65.6 Å². The minimum atomic E-state index is -3.92. The average Bonchev–Trinajstić information content (AvgIpc) is 2.95. The summed E-state index contributed by atoms with van der Waals surface area (Å²) in [5.74, 6) is -0.740. The van der Waals surface area contributed by atoms with Crippen LogP contribution in [0.5, 0.6) is 0 Å². The quantitative estimate of drug-likeness (QED) is 0.272. The zero-order valence-corrected chi connectivity index (χ0v) is 25.0. The maximum absolute atomic E-state index is 14.6. The van der Waals surface area contributed by atoms with Gasteiger partial charge in [0.25, 0.3) is 10.0 Å². The summed E-state index contributed by atoms with van der Waals surface area (Å²) < 4.78 is 49.3. The predicted octanol–water partition coefficient (Wildman–Crippen LogP) is 5.61. The van der Waals surface area contributed by atoms with E-state index in [1.54, 1.807) is 37.3 Å². The summed E-state index contributed by atoms with van der Waals surface area (Å²) in [5, 5.41) is 0.308. The Morgan fingerprint density at radius 1 is 1.07 bits per heavy atom. The number of benzene rings is 3. The van der Waals surface area contributed by atoms with Gasteiger partial charge in [0.2, 0.25) is 0 Å². The first kappa shape index (κ1) is 29.1. The Morgan fingerprint density at radius 3 is 2.54 bits per heavy atom. The van der Waals surface area contributed by atoms with E-state index in [1.807, 2.05) is 49.1 Å². The Morgan fingerprint density at radius 2 is 1.83 bits per heavy atom. The number of aryl methyl sites for hydroxylation is 1. The lowest BCUT2D eigenvalue weighted by molar-refractivity contribution is -0.146. The summed E-state index contributed by atoms with van der Waals surface area (Å²) in [5.41, 5.74) is 3.85. The van der Waals surface area contributed by atoms with Crippen LogP contribution < -0.4 is 9.21 Å². The van der Waals surface area contributed by atoms with E-state index in [1.165, 1.54) is 17.5 Å². The highest BCUT2D eigenvalue weighted by Gasteiger charge is 2.41. The molecule has 1 fully saturated rings. The molecule has 41 heavy (non-hydrogen) atoms. The topological polar surface area (TPSA) is 70.2 Å². The highest BCUT2D eigenvalue weighted by atomic mass is 35.5. The van der Waals surface area contributed by atoms with Crippen molar-refractivity contribution in [3.63, 3.8) is 0 Å². The number of carbonyl (C=O) groups excluding carboxylic acids is 1. The summed E-state index contributed by atoms with van der Waals surface area (Å²) in [6.45, 7) is 7.41. The normalized spacial score (nSPS) is 18.5. The molecule has 5 rings (SSSR count). The molecule has 3 aromatic carbocycles. The van der Waals surface area contributed by atoms with Crippen LogP contribution in [0.25, 0.3) is 11.6 Å². The zero-order chi connectivity index (χ0) is 29.5. The van der Waals surface area contributed by atoms with Crippen molar-refractivity contribution in [1.82, 2.24) is 4.90 Å². The summed E-state index contributed by atoms with van der Waals surface area (Å²) in [6.07, 6.45) is 1.81. The van der Waals surface area contributed by atoms with Crippen molar-refractivity contribution in [1.29, 1.82) is 0 Å². The van der Waals surface area contributed by atoms with Crippen LogP contribution in [0.1, 0.15) is 30.5 Å². The van der Waals surface area contributed by atoms with Crippen LogP contribution >= 0.6 is 11.6 Å². The van der Waals surface area contributed by atoms with E-state index in [2.05, 4.69) is 4.90 Å². The molecule has 2 aliphatic heterocycles. The first-order valence-corrected chi connectivity index (χ1v) is 15.3. The molecule has 0 amide bonds.